The van der Waals surface area contributed by atoms with E-state index in [1.54, 1.807) is 12.0 Å². The molecule has 2 aromatic carbocycles. The summed E-state index contributed by atoms with van der Waals surface area (Å²) in [7, 11) is 1.62. The molecule has 0 saturated heterocycles. The minimum absolute atomic E-state index is 0.0540. The predicted octanol–water partition coefficient (Wildman–Crippen LogP) is 5.37. The summed E-state index contributed by atoms with van der Waals surface area (Å²) in [5, 5.41) is 3.81. The maximum absolute atomic E-state index is 13.3. The van der Waals surface area contributed by atoms with E-state index >= 15 is 0 Å². The highest BCUT2D eigenvalue weighted by Gasteiger charge is 2.30. The molecule has 1 aliphatic carbocycles. The molecule has 1 aliphatic rings. The van der Waals surface area contributed by atoms with Gasteiger partial charge in [-0.25, -0.2) is 0 Å². The average molecular weight is 487 g/mol. The van der Waals surface area contributed by atoms with Gasteiger partial charge >= 0.3 is 0 Å². The van der Waals surface area contributed by atoms with Gasteiger partial charge in [0.15, 0.2) is 0 Å². The number of rotatable bonds is 12. The summed E-state index contributed by atoms with van der Waals surface area (Å²) in [5.74, 6) is 1.38. The molecule has 0 spiro atoms. The Morgan fingerprint density at radius 2 is 1.71 bits per heavy atom. The molecule has 0 heterocycles. The number of methoxy groups -OCH3 is 1. The molecule has 2 amide bonds. The zero-order chi connectivity index (χ0) is 24.3. The summed E-state index contributed by atoms with van der Waals surface area (Å²) in [6.07, 6.45) is 5.72. The molecule has 1 fully saturated rings. The van der Waals surface area contributed by atoms with Crippen LogP contribution in [0.3, 0.4) is 0 Å². The quantitative estimate of drug-likeness (QED) is 0.409. The molecule has 3 rings (SSSR count). The summed E-state index contributed by atoms with van der Waals surface area (Å²) in [4.78, 5) is 28.1. The fourth-order valence-corrected chi connectivity index (χ4v) is 4.43. The van der Waals surface area contributed by atoms with Gasteiger partial charge in [0.05, 0.1) is 13.7 Å². The normalized spacial score (nSPS) is 14.4. The Hall–Kier alpha value is -2.73. The van der Waals surface area contributed by atoms with Crippen LogP contribution in [0.4, 0.5) is 0 Å². The van der Waals surface area contributed by atoms with Crippen molar-refractivity contribution in [3.8, 4) is 11.5 Å². The molecular weight excluding hydrogens is 452 g/mol. The van der Waals surface area contributed by atoms with Gasteiger partial charge in [-0.2, -0.15) is 0 Å². The molecular formula is C27H35ClN2O4. The first-order valence-corrected chi connectivity index (χ1v) is 12.5. The minimum Gasteiger partial charge on any atom is -0.497 e. The first kappa shape index (κ1) is 25.9. The molecule has 7 heteroatoms. The van der Waals surface area contributed by atoms with Crippen molar-refractivity contribution in [2.45, 2.75) is 70.5 Å². The van der Waals surface area contributed by atoms with E-state index in [9.17, 15) is 9.59 Å². The summed E-state index contributed by atoms with van der Waals surface area (Å²) >= 11 is 6.03. The third-order valence-electron chi connectivity index (χ3n) is 6.22. The number of carbonyl (C=O) groups excluding carboxylic acids is 2. The van der Waals surface area contributed by atoms with E-state index in [4.69, 9.17) is 21.1 Å². The monoisotopic (exact) mass is 486 g/mol. The SMILES string of the molecule is CCC(C(=O)NC1CCCC1)N(Cc1ccc(Cl)cc1)C(=O)CCCOc1ccc(OC)cc1. The second kappa shape index (κ2) is 13.2. The molecule has 0 bridgehead atoms. The van der Waals surface area contributed by atoms with Crippen LogP contribution in [-0.4, -0.2) is 42.5 Å². The van der Waals surface area contributed by atoms with E-state index in [-0.39, 0.29) is 17.9 Å². The van der Waals surface area contributed by atoms with Gasteiger partial charge in [0.1, 0.15) is 17.5 Å². The van der Waals surface area contributed by atoms with Crippen molar-refractivity contribution >= 4 is 23.4 Å². The highest BCUT2D eigenvalue weighted by atomic mass is 35.5. The van der Waals surface area contributed by atoms with Gasteiger partial charge in [0.25, 0.3) is 0 Å². The lowest BCUT2D eigenvalue weighted by Gasteiger charge is -2.31. The van der Waals surface area contributed by atoms with Crippen molar-refractivity contribution in [3.63, 3.8) is 0 Å². The smallest absolute Gasteiger partial charge is 0.243 e. The molecule has 0 aromatic heterocycles. The topological polar surface area (TPSA) is 67.9 Å². The lowest BCUT2D eigenvalue weighted by Crippen LogP contribution is -2.50. The number of hydrogen-bond acceptors (Lipinski definition) is 4. The minimum atomic E-state index is -0.508. The van der Waals surface area contributed by atoms with Crippen LogP contribution in [0.5, 0.6) is 11.5 Å². The van der Waals surface area contributed by atoms with Crippen molar-refractivity contribution in [1.82, 2.24) is 10.2 Å². The highest BCUT2D eigenvalue weighted by molar-refractivity contribution is 6.30. The summed E-state index contributed by atoms with van der Waals surface area (Å²) in [6.45, 7) is 2.73. The lowest BCUT2D eigenvalue weighted by atomic mass is 10.1. The number of carbonyl (C=O) groups is 2. The number of nitrogens with one attached hydrogen (secondary N) is 1. The van der Waals surface area contributed by atoms with Gasteiger partial charge in [0.2, 0.25) is 11.8 Å². The van der Waals surface area contributed by atoms with Gasteiger partial charge in [-0.05, 0) is 67.6 Å². The Bertz CT molecular complexity index is 911. The van der Waals surface area contributed by atoms with Crippen LogP contribution in [0.1, 0.15) is 57.4 Å². The molecule has 184 valence electrons. The van der Waals surface area contributed by atoms with Gasteiger partial charge < -0.3 is 19.7 Å². The summed E-state index contributed by atoms with van der Waals surface area (Å²) < 4.78 is 10.9. The number of hydrogen-bond donors (Lipinski definition) is 1. The molecule has 0 radical (unpaired) electrons. The van der Waals surface area contributed by atoms with Crippen molar-refractivity contribution in [2.24, 2.45) is 0 Å². The van der Waals surface area contributed by atoms with E-state index in [1.807, 2.05) is 55.5 Å². The first-order chi connectivity index (χ1) is 16.5. The standard InChI is InChI=1S/C27H35ClN2O4/c1-3-25(27(32)29-22-7-4-5-8-22)30(19-20-10-12-21(28)13-11-20)26(31)9-6-18-34-24-16-14-23(33-2)15-17-24/h10-17,22,25H,3-9,18-19H2,1-2H3,(H,29,32). The van der Waals surface area contributed by atoms with Crippen LogP contribution in [-0.2, 0) is 16.1 Å². The predicted molar refractivity (Wildman–Crippen MR) is 134 cm³/mol. The van der Waals surface area contributed by atoms with E-state index in [0.717, 1.165) is 42.7 Å². The Balaban J connectivity index is 1.62. The van der Waals surface area contributed by atoms with Crippen molar-refractivity contribution in [1.29, 1.82) is 0 Å². The van der Waals surface area contributed by atoms with E-state index in [0.29, 0.717) is 37.4 Å². The van der Waals surface area contributed by atoms with Crippen LogP contribution >= 0.6 is 11.6 Å². The molecule has 1 atom stereocenters. The highest BCUT2D eigenvalue weighted by Crippen LogP contribution is 2.21. The van der Waals surface area contributed by atoms with Gasteiger partial charge in [-0.15, -0.1) is 0 Å². The van der Waals surface area contributed by atoms with Gasteiger partial charge in [-0.1, -0.05) is 43.5 Å². The molecule has 0 aliphatic heterocycles. The maximum Gasteiger partial charge on any atom is 0.243 e. The Labute approximate surface area is 207 Å². The molecule has 2 aromatic rings. The molecule has 6 nitrogen and oxygen atoms in total. The number of halogens is 1. The van der Waals surface area contributed by atoms with Crippen LogP contribution < -0.4 is 14.8 Å². The number of benzene rings is 2. The fraction of sp³-hybridized carbons (Fsp3) is 0.481. The van der Waals surface area contributed by atoms with E-state index in [1.165, 1.54) is 0 Å². The van der Waals surface area contributed by atoms with Crippen LogP contribution in [0.2, 0.25) is 5.02 Å². The van der Waals surface area contributed by atoms with Crippen molar-refractivity contribution < 1.29 is 19.1 Å². The average Bonchev–Trinajstić information content (AvgIpc) is 3.36. The Morgan fingerprint density at radius 3 is 2.32 bits per heavy atom. The maximum atomic E-state index is 13.3. The van der Waals surface area contributed by atoms with E-state index < -0.39 is 6.04 Å². The second-order valence-corrected chi connectivity index (χ2v) is 9.13. The van der Waals surface area contributed by atoms with Crippen LogP contribution in [0, 0.1) is 0 Å². The largest absolute Gasteiger partial charge is 0.497 e. The first-order valence-electron chi connectivity index (χ1n) is 12.1. The van der Waals surface area contributed by atoms with E-state index in [2.05, 4.69) is 5.32 Å². The van der Waals surface area contributed by atoms with Crippen LogP contribution in [0.15, 0.2) is 48.5 Å². The molecule has 1 saturated carbocycles. The summed E-state index contributed by atoms with van der Waals surface area (Å²) in [6, 6.07) is 14.5. The van der Waals surface area contributed by atoms with Crippen molar-refractivity contribution in [3.05, 3.63) is 59.1 Å². The van der Waals surface area contributed by atoms with Gasteiger partial charge in [0, 0.05) is 24.0 Å². The third kappa shape index (κ3) is 7.66. The van der Waals surface area contributed by atoms with Crippen molar-refractivity contribution in [2.75, 3.05) is 13.7 Å². The number of nitrogens with zero attached hydrogens (tertiary/aromatic N) is 1. The fourth-order valence-electron chi connectivity index (χ4n) is 4.30. The Morgan fingerprint density at radius 1 is 1.06 bits per heavy atom. The molecule has 34 heavy (non-hydrogen) atoms. The Kier molecular flexibility index (Phi) is 10.1. The second-order valence-electron chi connectivity index (χ2n) is 8.69. The molecule has 1 unspecified atom stereocenters. The number of ether oxygens (including phenoxy) is 2. The van der Waals surface area contributed by atoms with Crippen LogP contribution in [0.25, 0.3) is 0 Å². The number of amides is 2. The molecule has 1 N–H and O–H groups in total. The van der Waals surface area contributed by atoms with Gasteiger partial charge in [-0.3, -0.25) is 9.59 Å². The summed E-state index contributed by atoms with van der Waals surface area (Å²) in [5.41, 5.74) is 0.944. The zero-order valence-electron chi connectivity index (χ0n) is 20.1. The lowest BCUT2D eigenvalue weighted by molar-refractivity contribution is -0.141. The zero-order valence-corrected chi connectivity index (χ0v) is 20.9. The third-order valence-corrected chi connectivity index (χ3v) is 6.47.